The number of rotatable bonds is 1. The zero-order valence-corrected chi connectivity index (χ0v) is 10.2. The van der Waals surface area contributed by atoms with Crippen LogP contribution in [0, 0.1) is 0 Å². The van der Waals surface area contributed by atoms with E-state index in [4.69, 9.17) is 0 Å². The first kappa shape index (κ1) is 11.7. The number of fused-ring (bicyclic) bond motifs is 1. The van der Waals surface area contributed by atoms with Gasteiger partial charge in [-0.05, 0) is 18.1 Å². The lowest BCUT2D eigenvalue weighted by Gasteiger charge is -2.36. The molecule has 0 aromatic heterocycles. The van der Waals surface area contributed by atoms with Gasteiger partial charge in [0.2, 0.25) is 11.8 Å². The average Bonchev–Trinajstić information content (AvgIpc) is 2.38. The third-order valence-corrected chi connectivity index (χ3v) is 3.45. The van der Waals surface area contributed by atoms with Crippen molar-refractivity contribution in [1.82, 2.24) is 10.2 Å². The molecule has 6 nitrogen and oxygen atoms in total. The van der Waals surface area contributed by atoms with Gasteiger partial charge < -0.3 is 10.2 Å². The van der Waals surface area contributed by atoms with Crippen LogP contribution in [0.25, 0.3) is 0 Å². The molecule has 1 unspecified atom stereocenters. The van der Waals surface area contributed by atoms with Crippen molar-refractivity contribution in [3.8, 4) is 0 Å². The molecule has 1 fully saturated rings. The van der Waals surface area contributed by atoms with E-state index in [1.807, 2.05) is 24.3 Å². The highest BCUT2D eigenvalue weighted by atomic mass is 16.2. The second-order valence-corrected chi connectivity index (χ2v) is 4.68. The van der Waals surface area contributed by atoms with Crippen LogP contribution in [0.3, 0.4) is 0 Å². The van der Waals surface area contributed by atoms with Crippen molar-refractivity contribution in [2.75, 3.05) is 5.32 Å². The minimum atomic E-state index is -0.578. The molecule has 2 aliphatic heterocycles. The molecule has 0 spiro atoms. The average molecular weight is 259 g/mol. The molecule has 98 valence electrons. The molecule has 1 saturated heterocycles. The van der Waals surface area contributed by atoms with Gasteiger partial charge in [-0.2, -0.15) is 0 Å². The summed E-state index contributed by atoms with van der Waals surface area (Å²) in [4.78, 5) is 36.4. The highest BCUT2D eigenvalue weighted by molar-refractivity contribution is 6.03. The molecule has 0 radical (unpaired) electrons. The predicted molar refractivity (Wildman–Crippen MR) is 67.2 cm³/mol. The maximum absolute atomic E-state index is 12.0. The normalized spacial score (nSPS) is 22.6. The number of carbonyl (C=O) groups is 3. The van der Waals surface area contributed by atoms with Gasteiger partial charge in [0, 0.05) is 12.1 Å². The molecule has 2 N–H and O–H groups in total. The van der Waals surface area contributed by atoms with Gasteiger partial charge in [-0.1, -0.05) is 18.2 Å². The summed E-state index contributed by atoms with van der Waals surface area (Å²) in [6.07, 6.45) is 0.641. The lowest BCUT2D eigenvalue weighted by Crippen LogP contribution is -2.56. The number of nitrogens with zero attached hydrogens (tertiary/aromatic N) is 1. The van der Waals surface area contributed by atoms with Gasteiger partial charge in [0.25, 0.3) is 0 Å². The summed E-state index contributed by atoms with van der Waals surface area (Å²) in [7, 11) is 0. The number of nitrogens with one attached hydrogen (secondary N) is 2. The molecule has 19 heavy (non-hydrogen) atoms. The monoisotopic (exact) mass is 259 g/mol. The van der Waals surface area contributed by atoms with Crippen molar-refractivity contribution < 1.29 is 14.4 Å². The maximum atomic E-state index is 12.0. The van der Waals surface area contributed by atoms with E-state index >= 15 is 0 Å². The van der Waals surface area contributed by atoms with Crippen molar-refractivity contribution in [3.05, 3.63) is 29.8 Å². The van der Waals surface area contributed by atoms with Gasteiger partial charge in [0.15, 0.2) is 0 Å². The topological polar surface area (TPSA) is 78.5 Å². The maximum Gasteiger partial charge on any atom is 0.322 e. The fourth-order valence-corrected chi connectivity index (χ4v) is 2.45. The SMILES string of the molecule is O=C1CCC(N2Cc3ccccc3NC2=O)C(=O)N1. The minimum absolute atomic E-state index is 0.266. The first-order valence-corrected chi connectivity index (χ1v) is 6.14. The van der Waals surface area contributed by atoms with Gasteiger partial charge in [-0.3, -0.25) is 14.9 Å². The number of benzene rings is 1. The van der Waals surface area contributed by atoms with Crippen LogP contribution in [0.4, 0.5) is 10.5 Å². The van der Waals surface area contributed by atoms with Crippen LogP contribution in [0.2, 0.25) is 0 Å². The number of para-hydroxylation sites is 1. The Bertz CT molecular complexity index is 570. The minimum Gasteiger partial charge on any atom is -0.308 e. The molecule has 0 bridgehead atoms. The number of imide groups is 1. The number of urea groups is 1. The highest BCUT2D eigenvalue weighted by Gasteiger charge is 2.36. The second kappa shape index (κ2) is 4.38. The highest BCUT2D eigenvalue weighted by Crippen LogP contribution is 2.26. The molecule has 1 aromatic rings. The largest absolute Gasteiger partial charge is 0.322 e. The molecule has 0 aliphatic carbocycles. The van der Waals surface area contributed by atoms with Crippen LogP contribution < -0.4 is 10.6 Å². The van der Waals surface area contributed by atoms with Crippen LogP contribution >= 0.6 is 0 Å². The molecule has 3 rings (SSSR count). The van der Waals surface area contributed by atoms with Crippen LogP contribution in [0.1, 0.15) is 18.4 Å². The summed E-state index contributed by atoms with van der Waals surface area (Å²) in [5.41, 5.74) is 1.74. The summed E-state index contributed by atoms with van der Waals surface area (Å²) in [6, 6.07) is 6.60. The molecule has 1 aromatic carbocycles. The van der Waals surface area contributed by atoms with Crippen LogP contribution in [-0.2, 0) is 16.1 Å². The molecule has 2 heterocycles. The molecule has 6 heteroatoms. The van der Waals surface area contributed by atoms with Crippen molar-refractivity contribution in [1.29, 1.82) is 0 Å². The Morgan fingerprint density at radius 2 is 1.89 bits per heavy atom. The van der Waals surface area contributed by atoms with Gasteiger partial charge in [0.1, 0.15) is 6.04 Å². The van der Waals surface area contributed by atoms with Crippen molar-refractivity contribution >= 4 is 23.5 Å². The second-order valence-electron chi connectivity index (χ2n) is 4.68. The summed E-state index contributed by atoms with van der Waals surface area (Å²) in [5.74, 6) is -0.676. The zero-order valence-electron chi connectivity index (χ0n) is 10.2. The Balaban J connectivity index is 1.85. The van der Waals surface area contributed by atoms with Gasteiger partial charge >= 0.3 is 6.03 Å². The molecule has 2 aliphatic rings. The Kier molecular flexibility index (Phi) is 2.70. The van der Waals surface area contributed by atoms with E-state index in [2.05, 4.69) is 10.6 Å². The van der Waals surface area contributed by atoms with E-state index in [9.17, 15) is 14.4 Å². The third-order valence-electron chi connectivity index (χ3n) is 3.45. The van der Waals surface area contributed by atoms with E-state index in [1.165, 1.54) is 4.90 Å². The van der Waals surface area contributed by atoms with Crippen LogP contribution in [0.15, 0.2) is 24.3 Å². The van der Waals surface area contributed by atoms with Gasteiger partial charge in [-0.15, -0.1) is 0 Å². The van der Waals surface area contributed by atoms with E-state index < -0.39 is 11.9 Å². The first-order valence-electron chi connectivity index (χ1n) is 6.14. The summed E-state index contributed by atoms with van der Waals surface area (Å²) >= 11 is 0. The third kappa shape index (κ3) is 2.05. The number of piperidine rings is 1. The van der Waals surface area contributed by atoms with Crippen molar-refractivity contribution in [3.63, 3.8) is 0 Å². The quantitative estimate of drug-likeness (QED) is 0.733. The number of carbonyl (C=O) groups excluding carboxylic acids is 3. The smallest absolute Gasteiger partial charge is 0.308 e. The summed E-state index contributed by atoms with van der Waals surface area (Å²) in [5, 5.41) is 5.03. The summed E-state index contributed by atoms with van der Waals surface area (Å²) in [6.45, 7) is 0.383. The number of anilines is 1. The predicted octanol–water partition coefficient (Wildman–Crippen LogP) is 0.839. The zero-order chi connectivity index (χ0) is 13.4. The first-order chi connectivity index (χ1) is 9.15. The molecular formula is C13H13N3O3. The van der Waals surface area contributed by atoms with Gasteiger partial charge in [0.05, 0.1) is 6.54 Å². The van der Waals surface area contributed by atoms with E-state index in [-0.39, 0.29) is 18.4 Å². The standard InChI is InChI=1S/C13H13N3O3/c17-11-6-5-10(12(18)15-11)16-7-8-3-1-2-4-9(8)14-13(16)19/h1-4,10H,5-7H2,(H,14,19)(H,15,17,18). The molecule has 4 amide bonds. The number of hydrogen-bond donors (Lipinski definition) is 2. The van der Waals surface area contributed by atoms with E-state index in [0.29, 0.717) is 13.0 Å². The Morgan fingerprint density at radius 1 is 1.11 bits per heavy atom. The fraction of sp³-hybridized carbons (Fsp3) is 0.308. The molecular weight excluding hydrogens is 246 g/mol. The Labute approximate surface area is 109 Å². The lowest BCUT2D eigenvalue weighted by atomic mass is 10.0. The Morgan fingerprint density at radius 3 is 2.68 bits per heavy atom. The van der Waals surface area contributed by atoms with Crippen molar-refractivity contribution in [2.24, 2.45) is 0 Å². The number of hydrogen-bond acceptors (Lipinski definition) is 3. The lowest BCUT2D eigenvalue weighted by molar-refractivity contribution is -0.136. The van der Waals surface area contributed by atoms with Crippen LogP contribution in [-0.4, -0.2) is 28.8 Å². The number of amides is 4. The fourth-order valence-electron chi connectivity index (χ4n) is 2.45. The molecule has 1 atom stereocenters. The van der Waals surface area contributed by atoms with Gasteiger partial charge in [-0.25, -0.2) is 4.79 Å². The Hall–Kier alpha value is -2.37. The van der Waals surface area contributed by atoms with E-state index in [0.717, 1.165) is 11.3 Å². The molecule has 0 saturated carbocycles. The van der Waals surface area contributed by atoms with Crippen LogP contribution in [0.5, 0.6) is 0 Å². The van der Waals surface area contributed by atoms with Crippen molar-refractivity contribution in [2.45, 2.75) is 25.4 Å². The van der Waals surface area contributed by atoms with E-state index in [1.54, 1.807) is 0 Å². The summed E-state index contributed by atoms with van der Waals surface area (Å²) < 4.78 is 0.